The zero-order chi connectivity index (χ0) is 18.6. The first-order valence-electron chi connectivity index (χ1n) is 8.47. The third-order valence-corrected chi connectivity index (χ3v) is 5.18. The fourth-order valence-electron chi connectivity index (χ4n) is 3.58. The molecule has 0 spiro atoms. The average molecular weight is 362 g/mol. The predicted molar refractivity (Wildman–Crippen MR) is 89.2 cm³/mol. The van der Waals surface area contributed by atoms with Crippen LogP contribution < -0.4 is 15.1 Å². The number of aromatic carboxylic acids is 1. The second-order valence-corrected chi connectivity index (χ2v) is 6.95. The van der Waals surface area contributed by atoms with Crippen molar-refractivity contribution < 1.29 is 34.2 Å². The number of likely N-dealkylation sites (tertiary alicyclic amines) is 1. The van der Waals surface area contributed by atoms with Gasteiger partial charge in [-0.3, -0.25) is 4.79 Å². The number of carboxylic acids is 1. The highest BCUT2D eigenvalue weighted by Crippen LogP contribution is 2.60. The van der Waals surface area contributed by atoms with Crippen LogP contribution in [0.1, 0.15) is 28.3 Å². The van der Waals surface area contributed by atoms with Gasteiger partial charge in [0.2, 0.25) is 5.91 Å². The lowest BCUT2D eigenvalue weighted by molar-refractivity contribution is -0.142. The van der Waals surface area contributed by atoms with E-state index in [-0.39, 0.29) is 53.9 Å². The number of ether oxygens (including phenoxy) is 1. The number of fused-ring (bicyclic) bond motifs is 3. The van der Waals surface area contributed by atoms with Crippen LogP contribution in [0.25, 0.3) is 0 Å². The summed E-state index contributed by atoms with van der Waals surface area (Å²) < 4.78 is 11.2. The van der Waals surface area contributed by atoms with E-state index in [2.05, 4.69) is 0 Å². The lowest BCUT2D eigenvalue weighted by Gasteiger charge is -2.40. The molecule has 1 aromatic rings. The van der Waals surface area contributed by atoms with Crippen LogP contribution >= 0.6 is 0 Å². The Hall–Kier alpha value is -2.30. The van der Waals surface area contributed by atoms with Gasteiger partial charge in [-0.25, -0.2) is 4.79 Å². The third-order valence-electron chi connectivity index (χ3n) is 5.18. The van der Waals surface area contributed by atoms with Crippen LogP contribution in [0, 0.1) is 0 Å². The largest absolute Gasteiger partial charge is 0.535 e. The van der Waals surface area contributed by atoms with Crippen LogP contribution in [-0.4, -0.2) is 71.0 Å². The lowest BCUT2D eigenvalue weighted by Crippen LogP contribution is -2.60. The zero-order valence-electron chi connectivity index (χ0n) is 13.9. The van der Waals surface area contributed by atoms with Gasteiger partial charge in [-0.15, -0.1) is 0 Å². The maximum Gasteiger partial charge on any atom is 0.526 e. The van der Waals surface area contributed by atoms with Crippen molar-refractivity contribution in [2.24, 2.45) is 5.73 Å². The first-order chi connectivity index (χ1) is 12.4. The molecule has 3 atom stereocenters. The molecule has 1 aliphatic carbocycles. The molecular weight excluding hydrogens is 343 g/mol. The summed E-state index contributed by atoms with van der Waals surface area (Å²) in [7, 11) is -1.00. The van der Waals surface area contributed by atoms with Gasteiger partial charge in [-0.2, -0.15) is 0 Å². The quantitative estimate of drug-likeness (QED) is 0.490. The van der Waals surface area contributed by atoms with Crippen molar-refractivity contribution in [3.8, 4) is 11.5 Å². The molecule has 3 aliphatic rings. The summed E-state index contributed by atoms with van der Waals surface area (Å²) in [6.07, 6.45) is 0.404. The van der Waals surface area contributed by atoms with Crippen LogP contribution in [0.5, 0.6) is 11.5 Å². The number of rotatable bonds is 5. The van der Waals surface area contributed by atoms with Gasteiger partial charge < -0.3 is 35.3 Å². The standard InChI is InChI=1S/C16H19BN2O7/c18-11(6-20)15(21)19-4-7(5-19)25-12-2-1-8-9-3-10(9)17(24)26-14(8)13(12)16(22)23/h1-2,7,9-11,20,24H,3-6,18H2,(H,22,23)/t9?,10-,11-/m1/s1. The van der Waals surface area contributed by atoms with Crippen LogP contribution in [0.3, 0.4) is 0 Å². The van der Waals surface area contributed by atoms with Gasteiger partial charge in [0, 0.05) is 5.82 Å². The zero-order valence-corrected chi connectivity index (χ0v) is 13.9. The van der Waals surface area contributed by atoms with E-state index in [4.69, 9.17) is 20.2 Å². The minimum Gasteiger partial charge on any atom is -0.535 e. The Labute approximate surface area is 149 Å². The Morgan fingerprint density at radius 3 is 2.81 bits per heavy atom. The summed E-state index contributed by atoms with van der Waals surface area (Å²) >= 11 is 0. The number of hydrogen-bond donors (Lipinski definition) is 4. The molecule has 2 heterocycles. The molecule has 0 bridgehead atoms. The molecule has 2 fully saturated rings. The van der Waals surface area contributed by atoms with Gasteiger partial charge in [0.1, 0.15) is 29.2 Å². The Morgan fingerprint density at radius 1 is 1.42 bits per heavy atom. The molecule has 5 N–H and O–H groups in total. The van der Waals surface area contributed by atoms with E-state index in [0.29, 0.717) is 0 Å². The Balaban J connectivity index is 1.51. The van der Waals surface area contributed by atoms with Crippen molar-refractivity contribution in [3.05, 3.63) is 23.3 Å². The first-order valence-corrected chi connectivity index (χ1v) is 8.47. The summed E-state index contributed by atoms with van der Waals surface area (Å²) in [4.78, 5) is 25.0. The van der Waals surface area contributed by atoms with E-state index < -0.39 is 25.7 Å². The summed E-state index contributed by atoms with van der Waals surface area (Å²) in [5.74, 6) is -1.11. The van der Waals surface area contributed by atoms with Crippen molar-refractivity contribution in [3.63, 3.8) is 0 Å². The van der Waals surface area contributed by atoms with E-state index >= 15 is 0 Å². The number of nitrogens with zero attached hydrogens (tertiary/aromatic N) is 1. The SMILES string of the molecule is N[C@H](CO)C(=O)N1CC(Oc2ccc3c(c2C(=O)O)OB(O)[C@@H]2CC32)C1. The number of hydrogen-bond acceptors (Lipinski definition) is 7. The Morgan fingerprint density at radius 2 is 2.15 bits per heavy atom. The molecule has 9 nitrogen and oxygen atoms in total. The maximum atomic E-state index is 11.8. The van der Waals surface area contributed by atoms with Crippen LogP contribution in [0.2, 0.25) is 5.82 Å². The van der Waals surface area contributed by atoms with E-state index in [9.17, 15) is 19.7 Å². The molecule has 0 aromatic heterocycles. The first kappa shape index (κ1) is 17.1. The molecule has 1 saturated carbocycles. The van der Waals surface area contributed by atoms with Gasteiger partial charge in [0.25, 0.3) is 0 Å². The van der Waals surface area contributed by atoms with Crippen molar-refractivity contribution >= 4 is 19.0 Å². The second-order valence-electron chi connectivity index (χ2n) is 6.95. The minimum atomic E-state index is -1.20. The lowest BCUT2D eigenvalue weighted by atomic mass is 9.77. The predicted octanol–water partition coefficient (Wildman–Crippen LogP) is -0.976. The highest BCUT2D eigenvalue weighted by molar-refractivity contribution is 6.48. The summed E-state index contributed by atoms with van der Waals surface area (Å²) in [5, 5.41) is 28.5. The number of carboxylic acid groups (broad SMARTS) is 1. The fraction of sp³-hybridized carbons (Fsp3) is 0.500. The van der Waals surface area contributed by atoms with Gasteiger partial charge >= 0.3 is 13.1 Å². The molecule has 26 heavy (non-hydrogen) atoms. The number of benzene rings is 1. The summed E-state index contributed by atoms with van der Waals surface area (Å²) in [6.45, 7) is 0.0877. The number of nitrogens with two attached hydrogens (primary N) is 1. The van der Waals surface area contributed by atoms with Gasteiger partial charge in [0.05, 0.1) is 19.7 Å². The van der Waals surface area contributed by atoms with Crippen LogP contribution in [0.15, 0.2) is 12.1 Å². The monoisotopic (exact) mass is 362 g/mol. The Bertz CT molecular complexity index is 767. The van der Waals surface area contributed by atoms with E-state index in [1.807, 2.05) is 0 Å². The molecule has 138 valence electrons. The molecule has 10 heteroatoms. The molecule has 1 unspecified atom stereocenters. The maximum absolute atomic E-state index is 11.8. The smallest absolute Gasteiger partial charge is 0.526 e. The number of carbonyl (C=O) groups excluding carboxylic acids is 1. The third kappa shape index (κ3) is 2.70. The molecule has 1 saturated heterocycles. The number of amides is 1. The molecule has 4 rings (SSSR count). The van der Waals surface area contributed by atoms with Gasteiger partial charge in [-0.05, 0) is 24.0 Å². The van der Waals surface area contributed by atoms with Crippen LogP contribution in [0.4, 0.5) is 0 Å². The molecule has 2 aliphatic heterocycles. The fourth-order valence-corrected chi connectivity index (χ4v) is 3.58. The average Bonchev–Trinajstić information content (AvgIpc) is 3.37. The summed E-state index contributed by atoms with van der Waals surface area (Å²) in [6, 6.07) is 2.41. The normalized spacial score (nSPS) is 24.7. The number of aliphatic hydroxyl groups is 1. The highest BCUT2D eigenvalue weighted by Gasteiger charge is 2.54. The highest BCUT2D eigenvalue weighted by atomic mass is 16.5. The van der Waals surface area contributed by atoms with Crippen molar-refractivity contribution in [2.45, 2.75) is 30.3 Å². The Kier molecular flexibility index (Phi) is 4.05. The van der Waals surface area contributed by atoms with Gasteiger partial charge in [0.15, 0.2) is 0 Å². The van der Waals surface area contributed by atoms with Crippen molar-refractivity contribution in [2.75, 3.05) is 19.7 Å². The molecular formula is C16H19BN2O7. The van der Waals surface area contributed by atoms with Gasteiger partial charge in [-0.1, -0.05) is 6.07 Å². The van der Waals surface area contributed by atoms with Crippen molar-refractivity contribution in [1.29, 1.82) is 0 Å². The molecule has 1 amide bonds. The summed E-state index contributed by atoms with van der Waals surface area (Å²) in [5.41, 5.74) is 6.17. The number of aliphatic hydroxyl groups excluding tert-OH is 1. The minimum absolute atomic E-state index is 0.0258. The topological polar surface area (TPSA) is 143 Å². The van der Waals surface area contributed by atoms with E-state index in [1.165, 1.54) is 4.90 Å². The van der Waals surface area contributed by atoms with Crippen LogP contribution in [-0.2, 0) is 4.79 Å². The molecule has 1 aromatic carbocycles. The second kappa shape index (κ2) is 6.15. The van der Waals surface area contributed by atoms with E-state index in [1.54, 1.807) is 12.1 Å². The van der Waals surface area contributed by atoms with E-state index in [0.717, 1.165) is 12.0 Å². The molecule has 0 radical (unpaired) electrons. The number of carbonyl (C=O) groups is 2. The van der Waals surface area contributed by atoms with Crippen molar-refractivity contribution in [1.82, 2.24) is 4.90 Å².